The van der Waals surface area contributed by atoms with E-state index in [4.69, 9.17) is 5.26 Å². The van der Waals surface area contributed by atoms with Gasteiger partial charge in [0.15, 0.2) is 0 Å². The van der Waals surface area contributed by atoms with Gasteiger partial charge in [0.05, 0.1) is 47.1 Å². The first-order valence-electron chi connectivity index (χ1n) is 12.5. The summed E-state index contributed by atoms with van der Waals surface area (Å²) in [5.74, 6) is 0.801. The summed E-state index contributed by atoms with van der Waals surface area (Å²) in [6, 6.07) is 22.0. The first kappa shape index (κ1) is 29.3. The Morgan fingerprint density at radius 1 is 0.950 bits per heavy atom. The molecule has 9 nitrogen and oxygen atoms in total. The first-order chi connectivity index (χ1) is 19.2. The van der Waals surface area contributed by atoms with Gasteiger partial charge in [-0.2, -0.15) is 10.5 Å². The molecule has 0 unspecified atom stereocenters. The summed E-state index contributed by atoms with van der Waals surface area (Å²) in [4.78, 5) is 33.5. The lowest BCUT2D eigenvalue weighted by Gasteiger charge is -2.27. The van der Waals surface area contributed by atoms with Crippen molar-refractivity contribution >= 4 is 46.5 Å². The molecule has 2 heterocycles. The highest BCUT2D eigenvalue weighted by atomic mass is 16.1. The Morgan fingerprint density at radius 2 is 1.65 bits per heavy atom. The average molecular weight is 534 g/mol. The van der Waals surface area contributed by atoms with E-state index >= 15 is 0 Å². The van der Waals surface area contributed by atoms with Gasteiger partial charge < -0.3 is 19.9 Å². The molecule has 0 aliphatic heterocycles. The molecule has 0 atom stereocenters. The highest BCUT2D eigenvalue weighted by Crippen LogP contribution is 2.40. The second kappa shape index (κ2) is 13.0. The lowest BCUT2D eigenvalue weighted by Crippen LogP contribution is -2.20. The van der Waals surface area contributed by atoms with Crippen LogP contribution in [0.4, 0.5) is 22.9 Å². The third kappa shape index (κ3) is 6.40. The van der Waals surface area contributed by atoms with Gasteiger partial charge in [0.25, 0.3) is 0 Å². The van der Waals surface area contributed by atoms with Gasteiger partial charge in [-0.25, -0.2) is 4.98 Å². The number of amides is 1. The number of nitriles is 2. The van der Waals surface area contributed by atoms with Gasteiger partial charge in [-0.3, -0.25) is 9.78 Å². The minimum atomic E-state index is -0.574. The molecular weight excluding hydrogens is 502 g/mol. The number of nitrogens with zero attached hydrogens (tertiary/aromatic N) is 6. The van der Waals surface area contributed by atoms with Crippen molar-refractivity contribution in [3.8, 4) is 23.3 Å². The summed E-state index contributed by atoms with van der Waals surface area (Å²) in [6.07, 6.45) is 4.92. The molecule has 0 saturated heterocycles. The van der Waals surface area contributed by atoms with Crippen molar-refractivity contribution in [2.75, 3.05) is 36.3 Å². The van der Waals surface area contributed by atoms with Crippen LogP contribution in [0.15, 0.2) is 67.0 Å². The molecule has 0 saturated carbocycles. The molecule has 0 aliphatic carbocycles. The zero-order chi connectivity index (χ0) is 29.3. The highest BCUT2D eigenvalue weighted by Gasteiger charge is 2.21. The van der Waals surface area contributed by atoms with Crippen LogP contribution in [0.1, 0.15) is 25.8 Å². The van der Waals surface area contributed by atoms with Crippen molar-refractivity contribution in [3.63, 3.8) is 0 Å². The van der Waals surface area contributed by atoms with Crippen LogP contribution >= 0.6 is 0 Å². The fourth-order valence-electron chi connectivity index (χ4n) is 4.06. The number of nitrogens with one attached hydrogen (secondary N) is 1. The number of hydrogen-bond acceptors (Lipinski definition) is 8. The van der Waals surface area contributed by atoms with Gasteiger partial charge in [-0.1, -0.05) is 18.2 Å². The predicted molar refractivity (Wildman–Crippen MR) is 158 cm³/mol. The van der Waals surface area contributed by atoms with Crippen molar-refractivity contribution in [2.24, 2.45) is 0 Å². The Kier molecular flexibility index (Phi) is 9.51. The molecule has 40 heavy (non-hydrogen) atoms. The maximum absolute atomic E-state index is 11.7. The van der Waals surface area contributed by atoms with Crippen molar-refractivity contribution in [3.05, 3.63) is 72.6 Å². The maximum Gasteiger partial charge on any atom is 0.213 e. The third-order valence-corrected chi connectivity index (χ3v) is 6.48. The van der Waals surface area contributed by atoms with Gasteiger partial charge in [0.2, 0.25) is 6.41 Å². The van der Waals surface area contributed by atoms with Gasteiger partial charge >= 0.3 is 0 Å². The monoisotopic (exact) mass is 533 g/mol. The molecule has 4 rings (SSSR count). The highest BCUT2D eigenvalue weighted by molar-refractivity contribution is 6.04. The van der Waals surface area contributed by atoms with E-state index in [-0.39, 0.29) is 6.42 Å². The molecule has 0 spiro atoms. The van der Waals surface area contributed by atoms with Crippen molar-refractivity contribution in [1.82, 2.24) is 9.97 Å². The number of pyridine rings is 2. The molecule has 0 aliphatic rings. The lowest BCUT2D eigenvalue weighted by molar-refractivity contribution is -0.107. The number of carbonyl (C=O) groups excluding carboxylic acids is 2. The summed E-state index contributed by atoms with van der Waals surface area (Å²) in [7, 11) is 5.53. The van der Waals surface area contributed by atoms with Crippen LogP contribution in [0.5, 0.6) is 0 Å². The van der Waals surface area contributed by atoms with E-state index in [2.05, 4.69) is 32.3 Å². The Bertz CT molecular complexity index is 1570. The minimum absolute atomic E-state index is 0.0139. The number of aldehydes is 1. The summed E-state index contributed by atoms with van der Waals surface area (Å²) < 4.78 is 0. The fraction of sp³-hybridized carbons (Fsp3) is 0.226. The SMILES string of the molecule is CNc1ccc(-c2ccc3ncc(N(C)C=O)c(N(C)c4ccc(C(C)(C)C#N)cc4)c3c2)cn1.N#CCC=O. The number of rotatable bonds is 8. The van der Waals surface area contributed by atoms with Crippen LogP contribution in [0.25, 0.3) is 22.0 Å². The smallest absolute Gasteiger partial charge is 0.213 e. The van der Waals surface area contributed by atoms with E-state index in [0.717, 1.165) is 51.2 Å². The molecule has 2 aromatic heterocycles. The largest absolute Gasteiger partial charge is 0.373 e. The molecule has 0 radical (unpaired) electrons. The second-order valence-corrected chi connectivity index (χ2v) is 9.49. The Balaban J connectivity index is 0.000000810. The number of aromatic nitrogens is 2. The normalized spacial score (nSPS) is 10.4. The van der Waals surface area contributed by atoms with Crippen LogP contribution in [-0.4, -0.2) is 43.8 Å². The molecule has 1 N–H and O–H groups in total. The van der Waals surface area contributed by atoms with Crippen molar-refractivity contribution in [2.45, 2.75) is 25.7 Å². The molecule has 0 bridgehead atoms. The van der Waals surface area contributed by atoms with Crippen LogP contribution in [-0.2, 0) is 15.0 Å². The molecule has 1 amide bonds. The van der Waals surface area contributed by atoms with Crippen LogP contribution in [0.3, 0.4) is 0 Å². The molecular formula is C31H31N7O2. The quantitative estimate of drug-likeness (QED) is 0.290. The average Bonchev–Trinajstić information content (AvgIpc) is 3.00. The maximum atomic E-state index is 11.7. The Morgan fingerprint density at radius 3 is 2.17 bits per heavy atom. The van der Waals surface area contributed by atoms with Crippen LogP contribution in [0.2, 0.25) is 0 Å². The van der Waals surface area contributed by atoms with Crippen molar-refractivity contribution < 1.29 is 9.59 Å². The van der Waals surface area contributed by atoms with Crippen LogP contribution in [0, 0.1) is 22.7 Å². The Hall–Kier alpha value is -5.28. The van der Waals surface area contributed by atoms with Gasteiger partial charge in [-0.15, -0.1) is 0 Å². The summed E-state index contributed by atoms with van der Waals surface area (Å²) in [5.41, 5.74) is 5.66. The Labute approximate surface area is 234 Å². The number of benzene rings is 2. The van der Waals surface area contributed by atoms with E-state index in [9.17, 15) is 14.9 Å². The predicted octanol–water partition coefficient (Wildman–Crippen LogP) is 5.60. The number of fused-ring (bicyclic) bond motifs is 1. The molecule has 4 aromatic rings. The van der Waals surface area contributed by atoms with Crippen LogP contribution < -0.4 is 15.1 Å². The topological polar surface area (TPSA) is 126 Å². The number of hydrogen-bond donors (Lipinski definition) is 1. The molecule has 202 valence electrons. The van der Waals surface area contributed by atoms with E-state index < -0.39 is 5.41 Å². The summed E-state index contributed by atoms with van der Waals surface area (Å²) in [6.45, 7) is 3.80. The third-order valence-electron chi connectivity index (χ3n) is 6.48. The number of carbonyl (C=O) groups is 2. The molecule has 0 fully saturated rings. The van der Waals surface area contributed by atoms with Crippen molar-refractivity contribution in [1.29, 1.82) is 10.5 Å². The zero-order valence-electron chi connectivity index (χ0n) is 23.2. The standard InChI is InChI=1S/C28H28N6O.C3H3NO/c1-28(2,17-29)21-8-10-22(11-9-21)34(5)27-23-14-19(20-7-13-26(30-3)32-15-20)6-12-24(23)31-16-25(27)33(4)18-35;4-2-1-3-5/h6-16,18H,1-5H3,(H,30,32);3H,1H2. The minimum Gasteiger partial charge on any atom is -0.373 e. The first-order valence-corrected chi connectivity index (χ1v) is 12.5. The van der Waals surface area contributed by atoms with E-state index in [1.807, 2.05) is 82.7 Å². The number of anilines is 4. The lowest BCUT2D eigenvalue weighted by atomic mass is 9.86. The van der Waals surface area contributed by atoms with Gasteiger partial charge in [-0.05, 0) is 61.4 Å². The van der Waals surface area contributed by atoms with E-state index in [1.165, 1.54) is 4.90 Å². The van der Waals surface area contributed by atoms with Gasteiger partial charge in [0, 0.05) is 44.0 Å². The van der Waals surface area contributed by atoms with Gasteiger partial charge in [0.1, 0.15) is 12.1 Å². The fourth-order valence-corrected chi connectivity index (χ4v) is 4.06. The molecule has 9 heteroatoms. The zero-order valence-corrected chi connectivity index (χ0v) is 23.2. The van der Waals surface area contributed by atoms with E-state index in [1.54, 1.807) is 19.3 Å². The molecule has 2 aromatic carbocycles. The second-order valence-electron chi connectivity index (χ2n) is 9.49. The van der Waals surface area contributed by atoms with E-state index in [0.29, 0.717) is 12.0 Å². The summed E-state index contributed by atoms with van der Waals surface area (Å²) in [5, 5.41) is 21.0. The summed E-state index contributed by atoms with van der Waals surface area (Å²) >= 11 is 0.